The Balaban J connectivity index is 2.51. The Hall–Kier alpha value is -1.56. The maximum Gasteiger partial charge on any atom is 0.270 e. The van der Waals surface area contributed by atoms with Crippen molar-refractivity contribution in [1.29, 1.82) is 0 Å². The van der Waals surface area contributed by atoms with E-state index in [2.05, 4.69) is 32.8 Å². The molecule has 0 saturated carbocycles. The zero-order valence-corrected chi connectivity index (χ0v) is 11.4. The van der Waals surface area contributed by atoms with E-state index in [0.29, 0.717) is 4.83 Å². The van der Waals surface area contributed by atoms with Gasteiger partial charge < -0.3 is 0 Å². The van der Waals surface area contributed by atoms with Crippen LogP contribution in [0.15, 0.2) is 24.5 Å². The van der Waals surface area contributed by atoms with Crippen LogP contribution in [0.4, 0.5) is 5.69 Å². The van der Waals surface area contributed by atoms with Crippen LogP contribution >= 0.6 is 15.9 Å². The number of hydrogen-bond donors (Lipinski definition) is 0. The lowest BCUT2D eigenvalue weighted by Crippen LogP contribution is -2.04. The molecule has 0 aliphatic rings. The molecule has 0 bridgehead atoms. The molecule has 1 atom stereocenters. The summed E-state index contributed by atoms with van der Waals surface area (Å²) in [6.45, 7) is 2.07. The Bertz CT molecular complexity index is 589. The number of nitro benzene ring substituents is 1. The molecule has 1 heterocycles. The highest BCUT2D eigenvalue weighted by Crippen LogP contribution is 2.23. The number of hydrogen-bond acceptors (Lipinski definition) is 4. The lowest BCUT2D eigenvalue weighted by Gasteiger charge is -2.08. The van der Waals surface area contributed by atoms with E-state index in [1.165, 1.54) is 12.4 Å². The number of benzene rings is 1. The molecule has 0 spiro atoms. The van der Waals surface area contributed by atoms with Crippen molar-refractivity contribution in [3.8, 4) is 0 Å². The molecule has 0 saturated heterocycles. The highest BCUT2D eigenvalue weighted by Gasteiger charge is 2.12. The Morgan fingerprint density at radius 1 is 1.44 bits per heavy atom. The zero-order valence-electron chi connectivity index (χ0n) is 9.84. The van der Waals surface area contributed by atoms with Gasteiger partial charge in [-0.2, -0.15) is 0 Å². The molecule has 0 aliphatic heterocycles. The van der Waals surface area contributed by atoms with Gasteiger partial charge in [0.1, 0.15) is 6.33 Å². The van der Waals surface area contributed by atoms with Crippen molar-refractivity contribution in [2.75, 3.05) is 0 Å². The van der Waals surface area contributed by atoms with E-state index in [1.807, 2.05) is 0 Å². The van der Waals surface area contributed by atoms with Gasteiger partial charge in [-0.1, -0.05) is 22.9 Å². The van der Waals surface area contributed by atoms with Crippen LogP contribution in [0, 0.1) is 10.1 Å². The minimum Gasteiger partial charge on any atom is -0.258 e. The first kappa shape index (κ1) is 12.9. The molecule has 2 aromatic rings. The summed E-state index contributed by atoms with van der Waals surface area (Å²) in [6.07, 6.45) is 3.20. The molecular formula is C12H12BrN3O2. The standard InChI is InChI=1S/C12H12BrN3O2/c1-2-8(13)5-12-10-6-9(16(17)18)3-4-11(10)14-7-15-12/h3-4,6-8H,2,5H2,1H3. The highest BCUT2D eigenvalue weighted by molar-refractivity contribution is 9.09. The maximum atomic E-state index is 10.8. The minimum atomic E-state index is -0.401. The average molecular weight is 310 g/mol. The smallest absolute Gasteiger partial charge is 0.258 e. The van der Waals surface area contributed by atoms with Crippen molar-refractivity contribution in [2.45, 2.75) is 24.6 Å². The number of halogens is 1. The molecule has 1 aromatic carbocycles. The number of fused-ring (bicyclic) bond motifs is 1. The van der Waals surface area contributed by atoms with E-state index in [9.17, 15) is 10.1 Å². The second-order valence-corrected chi connectivity index (χ2v) is 5.28. The van der Waals surface area contributed by atoms with E-state index < -0.39 is 4.92 Å². The first-order valence-electron chi connectivity index (χ1n) is 5.64. The molecule has 1 unspecified atom stereocenters. The highest BCUT2D eigenvalue weighted by atomic mass is 79.9. The molecule has 0 amide bonds. The van der Waals surface area contributed by atoms with E-state index in [1.54, 1.807) is 12.1 Å². The summed E-state index contributed by atoms with van der Waals surface area (Å²) in [5.74, 6) is 0. The quantitative estimate of drug-likeness (QED) is 0.494. The van der Waals surface area contributed by atoms with Gasteiger partial charge in [-0.25, -0.2) is 9.97 Å². The third-order valence-corrected chi connectivity index (χ3v) is 3.74. The van der Waals surface area contributed by atoms with Gasteiger partial charge in [0.05, 0.1) is 16.1 Å². The second kappa shape index (κ2) is 5.39. The van der Waals surface area contributed by atoms with Crippen molar-refractivity contribution in [3.05, 3.63) is 40.3 Å². The molecule has 5 nitrogen and oxygen atoms in total. The normalized spacial score (nSPS) is 12.6. The summed E-state index contributed by atoms with van der Waals surface area (Å²) < 4.78 is 0. The third kappa shape index (κ3) is 2.64. The lowest BCUT2D eigenvalue weighted by atomic mass is 10.1. The third-order valence-electron chi connectivity index (χ3n) is 2.77. The Labute approximate surface area is 113 Å². The number of alkyl halides is 1. The van der Waals surface area contributed by atoms with Gasteiger partial charge in [0.2, 0.25) is 0 Å². The Morgan fingerprint density at radius 2 is 2.22 bits per heavy atom. The fraction of sp³-hybridized carbons (Fsp3) is 0.333. The number of nitro groups is 1. The van der Waals surface area contributed by atoms with Crippen molar-refractivity contribution in [3.63, 3.8) is 0 Å². The molecule has 0 N–H and O–H groups in total. The van der Waals surface area contributed by atoms with Gasteiger partial charge in [-0.3, -0.25) is 10.1 Å². The average Bonchev–Trinajstić information content (AvgIpc) is 2.38. The first-order chi connectivity index (χ1) is 8.61. The summed E-state index contributed by atoms with van der Waals surface area (Å²) >= 11 is 3.55. The van der Waals surface area contributed by atoms with E-state index in [0.717, 1.165) is 29.4 Å². The molecule has 6 heteroatoms. The largest absolute Gasteiger partial charge is 0.270 e. The van der Waals surface area contributed by atoms with E-state index in [4.69, 9.17) is 0 Å². The predicted octanol–water partition coefficient (Wildman–Crippen LogP) is 3.25. The first-order valence-corrected chi connectivity index (χ1v) is 6.55. The van der Waals surface area contributed by atoms with Crippen LogP contribution in [-0.2, 0) is 6.42 Å². The summed E-state index contributed by atoms with van der Waals surface area (Å²) in [6, 6.07) is 4.67. The van der Waals surface area contributed by atoms with Crippen LogP contribution in [0.1, 0.15) is 19.0 Å². The van der Waals surface area contributed by atoms with Crippen molar-refractivity contribution < 1.29 is 4.92 Å². The molecule has 0 aliphatic carbocycles. The van der Waals surface area contributed by atoms with Gasteiger partial charge >= 0.3 is 0 Å². The number of non-ortho nitro benzene ring substituents is 1. The Morgan fingerprint density at radius 3 is 2.89 bits per heavy atom. The zero-order chi connectivity index (χ0) is 13.1. The van der Waals surface area contributed by atoms with Crippen LogP contribution in [-0.4, -0.2) is 19.7 Å². The monoisotopic (exact) mass is 309 g/mol. The lowest BCUT2D eigenvalue weighted by molar-refractivity contribution is -0.384. The Kier molecular flexibility index (Phi) is 3.86. The molecule has 0 radical (unpaired) electrons. The molecular weight excluding hydrogens is 298 g/mol. The van der Waals surface area contributed by atoms with Gasteiger partial charge in [0.25, 0.3) is 5.69 Å². The van der Waals surface area contributed by atoms with Gasteiger partial charge in [0.15, 0.2) is 0 Å². The summed E-state index contributed by atoms with van der Waals surface area (Å²) in [7, 11) is 0. The molecule has 2 rings (SSSR count). The van der Waals surface area contributed by atoms with Crippen molar-refractivity contribution in [2.24, 2.45) is 0 Å². The van der Waals surface area contributed by atoms with Crippen LogP contribution in [0.5, 0.6) is 0 Å². The molecule has 1 aromatic heterocycles. The van der Waals surface area contributed by atoms with E-state index >= 15 is 0 Å². The number of aromatic nitrogens is 2. The molecule has 0 fully saturated rings. The second-order valence-electron chi connectivity index (χ2n) is 3.99. The predicted molar refractivity (Wildman–Crippen MR) is 72.9 cm³/mol. The van der Waals surface area contributed by atoms with Crippen molar-refractivity contribution >= 4 is 32.5 Å². The fourth-order valence-corrected chi connectivity index (χ4v) is 2.04. The van der Waals surface area contributed by atoms with Gasteiger partial charge in [0, 0.05) is 28.8 Å². The summed E-state index contributed by atoms with van der Waals surface area (Å²) in [5.41, 5.74) is 1.65. The van der Waals surface area contributed by atoms with Gasteiger partial charge in [-0.15, -0.1) is 0 Å². The summed E-state index contributed by atoms with van der Waals surface area (Å²) in [4.78, 5) is 19.1. The van der Waals surface area contributed by atoms with Gasteiger partial charge in [-0.05, 0) is 12.5 Å². The molecule has 18 heavy (non-hydrogen) atoms. The number of rotatable bonds is 4. The van der Waals surface area contributed by atoms with Crippen LogP contribution in [0.2, 0.25) is 0 Å². The van der Waals surface area contributed by atoms with E-state index in [-0.39, 0.29) is 5.69 Å². The maximum absolute atomic E-state index is 10.8. The molecule has 94 valence electrons. The topological polar surface area (TPSA) is 68.9 Å². The minimum absolute atomic E-state index is 0.0705. The van der Waals surface area contributed by atoms with Crippen molar-refractivity contribution in [1.82, 2.24) is 9.97 Å². The van der Waals surface area contributed by atoms with Crippen LogP contribution in [0.25, 0.3) is 10.9 Å². The SMILES string of the molecule is CCC(Br)Cc1ncnc2ccc([N+](=O)[O-])cc12. The number of nitrogens with zero attached hydrogens (tertiary/aromatic N) is 3. The summed E-state index contributed by atoms with van der Waals surface area (Å²) in [5, 5.41) is 11.5. The van der Waals surface area contributed by atoms with Crippen LogP contribution in [0.3, 0.4) is 0 Å². The van der Waals surface area contributed by atoms with Crippen LogP contribution < -0.4 is 0 Å². The fourth-order valence-electron chi connectivity index (χ4n) is 1.73.